The van der Waals surface area contributed by atoms with E-state index in [-0.39, 0.29) is 24.8 Å². The topological polar surface area (TPSA) is 61.9 Å². The highest BCUT2D eigenvalue weighted by atomic mass is 16.5. The van der Waals surface area contributed by atoms with Crippen molar-refractivity contribution in [2.45, 2.75) is 13.3 Å². The van der Waals surface area contributed by atoms with E-state index >= 15 is 0 Å². The van der Waals surface area contributed by atoms with E-state index in [1.807, 2.05) is 73.7 Å². The molecule has 1 aliphatic rings. The lowest BCUT2D eigenvalue weighted by Gasteiger charge is -2.29. The van der Waals surface area contributed by atoms with Crippen molar-refractivity contribution < 1.29 is 14.3 Å². The molecule has 0 aliphatic carbocycles. The Morgan fingerprint density at radius 3 is 2.44 bits per heavy atom. The van der Waals surface area contributed by atoms with E-state index in [0.29, 0.717) is 6.54 Å². The molecule has 32 heavy (non-hydrogen) atoms. The molecule has 1 fully saturated rings. The van der Waals surface area contributed by atoms with Crippen LogP contribution in [0.4, 0.5) is 11.4 Å². The molecule has 0 aromatic heterocycles. The van der Waals surface area contributed by atoms with E-state index in [9.17, 15) is 9.59 Å². The minimum absolute atomic E-state index is 0.0331. The molecule has 0 unspecified atom stereocenters. The maximum absolute atomic E-state index is 12.9. The van der Waals surface area contributed by atoms with Crippen LogP contribution in [0.2, 0.25) is 0 Å². The number of benzene rings is 3. The number of morpholine rings is 1. The number of anilines is 2. The van der Waals surface area contributed by atoms with Crippen LogP contribution < -0.4 is 10.2 Å². The Balaban J connectivity index is 1.35. The molecule has 6 heteroatoms. The summed E-state index contributed by atoms with van der Waals surface area (Å²) in [6, 6.07) is 21.8. The second-order valence-electron chi connectivity index (χ2n) is 7.92. The number of nitrogens with zero attached hydrogens (tertiary/aromatic N) is 2. The zero-order valence-electron chi connectivity index (χ0n) is 18.4. The number of hydrogen-bond donors (Lipinski definition) is 1. The number of likely N-dealkylation sites (N-methyl/N-ethyl adjacent to an activating group) is 1. The molecule has 0 saturated carbocycles. The van der Waals surface area contributed by atoms with Gasteiger partial charge in [0.1, 0.15) is 0 Å². The zero-order chi connectivity index (χ0) is 22.3. The van der Waals surface area contributed by atoms with Gasteiger partial charge < -0.3 is 19.9 Å². The summed E-state index contributed by atoms with van der Waals surface area (Å²) >= 11 is 0. The van der Waals surface area contributed by atoms with Crippen molar-refractivity contribution in [2.24, 2.45) is 0 Å². The van der Waals surface area contributed by atoms with Crippen molar-refractivity contribution in [3.8, 4) is 0 Å². The fraction of sp³-hybridized carbons (Fsp3) is 0.308. The summed E-state index contributed by atoms with van der Waals surface area (Å²) in [5.41, 5.74) is 2.82. The summed E-state index contributed by atoms with van der Waals surface area (Å²) in [5, 5.41) is 5.09. The predicted octanol–water partition coefficient (Wildman–Crippen LogP) is 3.71. The predicted molar refractivity (Wildman–Crippen MR) is 128 cm³/mol. The van der Waals surface area contributed by atoms with Gasteiger partial charge in [0.15, 0.2) is 0 Å². The zero-order valence-corrected chi connectivity index (χ0v) is 18.4. The third-order valence-electron chi connectivity index (χ3n) is 5.82. The highest BCUT2D eigenvalue weighted by molar-refractivity contribution is 5.96. The molecule has 0 atom stereocenters. The maximum atomic E-state index is 12.9. The van der Waals surface area contributed by atoms with Crippen LogP contribution in [0.5, 0.6) is 0 Å². The van der Waals surface area contributed by atoms with Gasteiger partial charge >= 0.3 is 0 Å². The Hall–Kier alpha value is -3.38. The molecule has 6 nitrogen and oxygen atoms in total. The van der Waals surface area contributed by atoms with Crippen LogP contribution in [0, 0.1) is 0 Å². The van der Waals surface area contributed by atoms with Crippen LogP contribution >= 0.6 is 0 Å². The van der Waals surface area contributed by atoms with Gasteiger partial charge in [-0.15, -0.1) is 0 Å². The van der Waals surface area contributed by atoms with Crippen LogP contribution in [0.15, 0.2) is 66.7 Å². The normalized spacial score (nSPS) is 13.7. The van der Waals surface area contributed by atoms with Gasteiger partial charge in [0.25, 0.3) is 0 Å². The summed E-state index contributed by atoms with van der Waals surface area (Å²) < 4.78 is 5.39. The number of fused-ring (bicyclic) bond motifs is 1. The number of nitrogens with one attached hydrogen (secondary N) is 1. The Kier molecular flexibility index (Phi) is 7.02. The first-order valence-corrected chi connectivity index (χ1v) is 11.1. The average Bonchev–Trinajstić information content (AvgIpc) is 2.84. The number of rotatable bonds is 7. The lowest BCUT2D eigenvalue weighted by molar-refractivity contribution is -0.133. The van der Waals surface area contributed by atoms with Crippen LogP contribution in [0.25, 0.3) is 10.8 Å². The third kappa shape index (κ3) is 5.26. The first kappa shape index (κ1) is 21.8. The van der Waals surface area contributed by atoms with Gasteiger partial charge in [-0.25, -0.2) is 0 Å². The fourth-order valence-corrected chi connectivity index (χ4v) is 4.05. The number of hydrogen-bond acceptors (Lipinski definition) is 4. The molecule has 2 amide bonds. The van der Waals surface area contributed by atoms with E-state index in [1.165, 1.54) is 0 Å². The lowest BCUT2D eigenvalue weighted by atomic mass is 10.0. The van der Waals surface area contributed by atoms with E-state index < -0.39 is 0 Å². The molecule has 0 radical (unpaired) electrons. The maximum Gasteiger partial charge on any atom is 0.243 e. The van der Waals surface area contributed by atoms with E-state index in [0.717, 1.165) is 54.0 Å². The second kappa shape index (κ2) is 10.3. The summed E-state index contributed by atoms with van der Waals surface area (Å²) in [4.78, 5) is 29.4. The Morgan fingerprint density at radius 1 is 0.969 bits per heavy atom. The SMILES string of the molecule is CCN(CC(=O)Nc1ccc(N2CCOCC2)cc1)C(=O)Cc1cccc2ccccc12. The molecule has 1 saturated heterocycles. The highest BCUT2D eigenvalue weighted by Gasteiger charge is 2.17. The highest BCUT2D eigenvalue weighted by Crippen LogP contribution is 2.20. The van der Waals surface area contributed by atoms with Crippen molar-refractivity contribution in [3.05, 3.63) is 72.3 Å². The van der Waals surface area contributed by atoms with Crippen LogP contribution in [0.1, 0.15) is 12.5 Å². The molecule has 166 valence electrons. The largest absolute Gasteiger partial charge is 0.378 e. The first-order chi connectivity index (χ1) is 15.6. The minimum Gasteiger partial charge on any atom is -0.378 e. The quantitative estimate of drug-likeness (QED) is 0.620. The van der Waals surface area contributed by atoms with Gasteiger partial charge in [-0.2, -0.15) is 0 Å². The molecule has 1 aliphatic heterocycles. The van der Waals surface area contributed by atoms with Crippen molar-refractivity contribution in [1.29, 1.82) is 0 Å². The van der Waals surface area contributed by atoms with E-state index in [2.05, 4.69) is 10.2 Å². The monoisotopic (exact) mass is 431 g/mol. The van der Waals surface area contributed by atoms with Crippen molar-refractivity contribution in [2.75, 3.05) is 49.6 Å². The molecular weight excluding hydrogens is 402 g/mol. The summed E-state index contributed by atoms with van der Waals surface area (Å²) in [6.07, 6.45) is 0.275. The number of amides is 2. The van der Waals surface area contributed by atoms with Crippen LogP contribution in [0.3, 0.4) is 0 Å². The number of carbonyl (C=O) groups excluding carboxylic acids is 2. The summed E-state index contributed by atoms with van der Waals surface area (Å²) in [5.74, 6) is -0.251. The van der Waals surface area contributed by atoms with Crippen molar-refractivity contribution in [1.82, 2.24) is 4.90 Å². The van der Waals surface area contributed by atoms with Gasteiger partial charge in [-0.1, -0.05) is 42.5 Å². The average molecular weight is 432 g/mol. The van der Waals surface area contributed by atoms with Gasteiger partial charge in [0, 0.05) is 31.0 Å². The number of carbonyl (C=O) groups is 2. The molecule has 0 bridgehead atoms. The van der Waals surface area contributed by atoms with E-state index in [1.54, 1.807) is 4.90 Å². The van der Waals surface area contributed by atoms with Crippen molar-refractivity contribution >= 4 is 34.0 Å². The van der Waals surface area contributed by atoms with Crippen molar-refractivity contribution in [3.63, 3.8) is 0 Å². The van der Waals surface area contributed by atoms with Gasteiger partial charge in [0.05, 0.1) is 26.2 Å². The molecular formula is C26H29N3O3. The minimum atomic E-state index is -0.197. The Bertz CT molecular complexity index is 1070. The standard InChI is InChI=1S/C26H29N3O3/c1-2-28(26(31)18-21-8-5-7-20-6-3-4-9-24(20)21)19-25(30)27-22-10-12-23(13-11-22)29-14-16-32-17-15-29/h3-13H,2,14-19H2,1H3,(H,27,30). The van der Waals surface area contributed by atoms with Crippen LogP contribution in [-0.4, -0.2) is 56.1 Å². The lowest BCUT2D eigenvalue weighted by Crippen LogP contribution is -2.38. The molecule has 0 spiro atoms. The van der Waals surface area contributed by atoms with Gasteiger partial charge in [-0.05, 0) is 47.5 Å². The molecule has 4 rings (SSSR count). The Morgan fingerprint density at radius 2 is 1.69 bits per heavy atom. The summed E-state index contributed by atoms with van der Waals surface area (Å²) in [6.45, 7) is 5.62. The van der Waals surface area contributed by atoms with Crippen LogP contribution in [-0.2, 0) is 20.7 Å². The van der Waals surface area contributed by atoms with Gasteiger partial charge in [0.2, 0.25) is 11.8 Å². The number of ether oxygens (including phenoxy) is 1. The molecule has 3 aromatic carbocycles. The first-order valence-electron chi connectivity index (χ1n) is 11.1. The second-order valence-corrected chi connectivity index (χ2v) is 7.92. The third-order valence-corrected chi connectivity index (χ3v) is 5.82. The van der Waals surface area contributed by atoms with E-state index in [4.69, 9.17) is 4.74 Å². The molecule has 3 aromatic rings. The smallest absolute Gasteiger partial charge is 0.243 e. The van der Waals surface area contributed by atoms with Gasteiger partial charge in [-0.3, -0.25) is 9.59 Å². The molecule has 1 N–H and O–H groups in total. The summed E-state index contributed by atoms with van der Waals surface area (Å²) in [7, 11) is 0. The Labute approximate surface area is 188 Å². The fourth-order valence-electron chi connectivity index (χ4n) is 4.05. The molecule has 1 heterocycles.